The average Bonchev–Trinajstić information content (AvgIpc) is 2.86. The van der Waals surface area contributed by atoms with Gasteiger partial charge >= 0.3 is 0 Å². The zero-order valence-electron chi connectivity index (χ0n) is 10.7. The third-order valence-electron chi connectivity index (χ3n) is 4.15. The number of nitrogens with zero attached hydrogens (tertiary/aromatic N) is 1. The van der Waals surface area contributed by atoms with Gasteiger partial charge in [-0.05, 0) is 36.9 Å². The van der Waals surface area contributed by atoms with Gasteiger partial charge in [0.15, 0.2) is 0 Å². The summed E-state index contributed by atoms with van der Waals surface area (Å²) in [5.41, 5.74) is 1.58. The van der Waals surface area contributed by atoms with Crippen molar-refractivity contribution >= 4 is 11.8 Å². The first-order valence-electron chi connectivity index (χ1n) is 6.64. The van der Waals surface area contributed by atoms with Gasteiger partial charge in [0.1, 0.15) is 0 Å². The Morgan fingerprint density at radius 1 is 1.29 bits per heavy atom. The number of fused-ring (bicyclic) bond motifs is 1. The molecule has 0 aromatic heterocycles. The largest absolute Gasteiger partial charge is 0.305 e. The van der Waals surface area contributed by atoms with Crippen molar-refractivity contribution in [3.63, 3.8) is 0 Å². The van der Waals surface area contributed by atoms with Gasteiger partial charge in [0.2, 0.25) is 0 Å². The van der Waals surface area contributed by atoms with E-state index in [0.29, 0.717) is 0 Å². The first-order valence-corrected chi connectivity index (χ1v) is 7.63. The molecule has 1 fully saturated rings. The Bertz CT molecular complexity index is 404. The second kappa shape index (κ2) is 4.66. The van der Waals surface area contributed by atoms with Gasteiger partial charge in [0, 0.05) is 29.7 Å². The van der Waals surface area contributed by atoms with Crippen molar-refractivity contribution < 1.29 is 0 Å². The van der Waals surface area contributed by atoms with E-state index >= 15 is 0 Å². The number of likely N-dealkylation sites (N-methyl/N-ethyl adjacent to an activating group) is 1. The van der Waals surface area contributed by atoms with Crippen LogP contribution in [0.1, 0.15) is 24.8 Å². The highest BCUT2D eigenvalue weighted by atomic mass is 32.2. The topological polar surface area (TPSA) is 3.24 Å². The highest BCUT2D eigenvalue weighted by Gasteiger charge is 2.34. The molecule has 1 aliphatic carbocycles. The summed E-state index contributed by atoms with van der Waals surface area (Å²) in [7, 11) is 2.29. The van der Waals surface area contributed by atoms with E-state index < -0.39 is 0 Å². The van der Waals surface area contributed by atoms with Gasteiger partial charge in [0.25, 0.3) is 0 Å². The highest BCUT2D eigenvalue weighted by molar-refractivity contribution is 7.99. The zero-order chi connectivity index (χ0) is 11.8. The summed E-state index contributed by atoms with van der Waals surface area (Å²) in [4.78, 5) is 4.05. The van der Waals surface area contributed by atoms with E-state index in [-0.39, 0.29) is 0 Å². The number of thioether (sulfide) groups is 1. The quantitative estimate of drug-likeness (QED) is 0.801. The van der Waals surface area contributed by atoms with Gasteiger partial charge < -0.3 is 4.90 Å². The van der Waals surface area contributed by atoms with Crippen LogP contribution >= 0.6 is 11.8 Å². The molecule has 1 heterocycles. The average molecular weight is 247 g/mol. The molecule has 3 atom stereocenters. The Balaban J connectivity index is 1.59. The lowest BCUT2D eigenvalue weighted by Crippen LogP contribution is -2.27. The summed E-state index contributed by atoms with van der Waals surface area (Å²) in [6, 6.07) is 8.92. The van der Waals surface area contributed by atoms with Gasteiger partial charge in [0.05, 0.1) is 0 Å². The maximum Gasteiger partial charge on any atom is 0.0108 e. The van der Waals surface area contributed by atoms with Crippen LogP contribution in [0, 0.1) is 11.8 Å². The summed E-state index contributed by atoms with van der Waals surface area (Å²) in [5.74, 6) is 3.96. The Labute approximate surface area is 109 Å². The smallest absolute Gasteiger partial charge is 0.0108 e. The molecule has 0 amide bonds. The Morgan fingerprint density at radius 2 is 2.06 bits per heavy atom. The minimum absolute atomic E-state index is 0.746. The van der Waals surface area contributed by atoms with Crippen LogP contribution in [-0.4, -0.2) is 30.8 Å². The van der Waals surface area contributed by atoms with Crippen LogP contribution < -0.4 is 0 Å². The van der Waals surface area contributed by atoms with E-state index in [2.05, 4.69) is 43.1 Å². The molecule has 0 saturated heterocycles. The number of hydrogen-bond acceptors (Lipinski definition) is 2. The molecular formula is C15H21NS. The van der Waals surface area contributed by atoms with Gasteiger partial charge in [-0.3, -0.25) is 0 Å². The minimum atomic E-state index is 0.746. The summed E-state index contributed by atoms with van der Waals surface area (Å²) in [6.07, 6.45) is 1.44. The summed E-state index contributed by atoms with van der Waals surface area (Å²) < 4.78 is 0. The summed E-state index contributed by atoms with van der Waals surface area (Å²) >= 11 is 2.03. The highest BCUT2D eigenvalue weighted by Crippen LogP contribution is 2.41. The third kappa shape index (κ3) is 2.53. The monoisotopic (exact) mass is 247 g/mol. The Kier molecular flexibility index (Phi) is 3.18. The maximum absolute atomic E-state index is 2.54. The van der Waals surface area contributed by atoms with Crippen molar-refractivity contribution in [2.75, 3.05) is 25.9 Å². The van der Waals surface area contributed by atoms with Crippen LogP contribution in [0.5, 0.6) is 0 Å². The summed E-state index contributed by atoms with van der Waals surface area (Å²) in [6.45, 7) is 4.90. The molecule has 1 aromatic rings. The molecule has 2 heteroatoms. The van der Waals surface area contributed by atoms with Crippen LogP contribution in [0.25, 0.3) is 0 Å². The first kappa shape index (κ1) is 11.6. The fourth-order valence-corrected chi connectivity index (χ4v) is 4.13. The molecule has 0 radical (unpaired) electrons. The number of benzene rings is 1. The van der Waals surface area contributed by atoms with Crippen molar-refractivity contribution in [2.24, 2.45) is 11.8 Å². The summed E-state index contributed by atoms with van der Waals surface area (Å²) in [5, 5.41) is 0. The second-order valence-corrected chi connectivity index (χ2v) is 6.80. The molecule has 0 N–H and O–H groups in total. The van der Waals surface area contributed by atoms with Crippen LogP contribution in [0.4, 0.5) is 0 Å². The Morgan fingerprint density at radius 3 is 2.82 bits per heavy atom. The molecule has 0 bridgehead atoms. The van der Waals surface area contributed by atoms with E-state index in [1.165, 1.54) is 30.2 Å². The maximum atomic E-state index is 2.54. The van der Waals surface area contributed by atoms with Crippen molar-refractivity contribution in [1.82, 2.24) is 4.90 Å². The predicted octanol–water partition coefficient (Wildman–Crippen LogP) is 3.46. The van der Waals surface area contributed by atoms with Crippen molar-refractivity contribution in [1.29, 1.82) is 0 Å². The number of hydrogen-bond donors (Lipinski definition) is 0. The van der Waals surface area contributed by atoms with Crippen LogP contribution in [0.3, 0.4) is 0 Å². The van der Waals surface area contributed by atoms with Gasteiger partial charge in [-0.2, -0.15) is 0 Å². The SMILES string of the molecule is CC1CC1CN(C)CC1CSc2ccccc21. The van der Waals surface area contributed by atoms with Gasteiger partial charge in [-0.1, -0.05) is 25.1 Å². The van der Waals surface area contributed by atoms with Crippen LogP contribution in [-0.2, 0) is 0 Å². The van der Waals surface area contributed by atoms with Crippen LogP contribution in [0.2, 0.25) is 0 Å². The molecular weight excluding hydrogens is 226 g/mol. The molecule has 0 spiro atoms. The molecule has 1 saturated carbocycles. The van der Waals surface area contributed by atoms with Crippen molar-refractivity contribution in [3.05, 3.63) is 29.8 Å². The van der Waals surface area contributed by atoms with Crippen molar-refractivity contribution in [3.8, 4) is 0 Å². The molecule has 3 rings (SSSR count). The number of rotatable bonds is 4. The molecule has 92 valence electrons. The second-order valence-electron chi connectivity index (χ2n) is 5.74. The molecule has 2 aliphatic rings. The lowest BCUT2D eigenvalue weighted by Gasteiger charge is -2.21. The van der Waals surface area contributed by atoms with E-state index in [0.717, 1.165) is 17.8 Å². The standard InChI is InChI=1S/C15H21NS/c1-11-7-12(11)8-16(2)9-13-10-17-15-6-4-3-5-14(13)15/h3-6,11-13H,7-10H2,1-2H3. The third-order valence-corrected chi connectivity index (χ3v) is 5.41. The van der Waals surface area contributed by atoms with E-state index in [9.17, 15) is 0 Å². The predicted molar refractivity (Wildman–Crippen MR) is 74.7 cm³/mol. The van der Waals surface area contributed by atoms with Gasteiger partial charge in [-0.15, -0.1) is 11.8 Å². The fraction of sp³-hybridized carbons (Fsp3) is 0.600. The van der Waals surface area contributed by atoms with Gasteiger partial charge in [-0.25, -0.2) is 0 Å². The first-order chi connectivity index (χ1) is 8.24. The fourth-order valence-electron chi connectivity index (χ4n) is 2.88. The van der Waals surface area contributed by atoms with E-state index in [1.807, 2.05) is 11.8 Å². The van der Waals surface area contributed by atoms with Crippen LogP contribution in [0.15, 0.2) is 29.2 Å². The van der Waals surface area contributed by atoms with Crippen molar-refractivity contribution in [2.45, 2.75) is 24.2 Å². The molecule has 1 aliphatic heterocycles. The zero-order valence-corrected chi connectivity index (χ0v) is 11.5. The van der Waals surface area contributed by atoms with E-state index in [4.69, 9.17) is 0 Å². The normalized spacial score (nSPS) is 30.6. The molecule has 1 nitrogen and oxygen atoms in total. The molecule has 3 unspecified atom stereocenters. The molecule has 1 aromatic carbocycles. The minimum Gasteiger partial charge on any atom is -0.305 e. The Hall–Kier alpha value is -0.470. The van der Waals surface area contributed by atoms with E-state index in [1.54, 1.807) is 5.56 Å². The lowest BCUT2D eigenvalue weighted by atomic mass is 10.0. The molecule has 17 heavy (non-hydrogen) atoms. The lowest BCUT2D eigenvalue weighted by molar-refractivity contribution is 0.301.